The van der Waals surface area contributed by atoms with Crippen molar-refractivity contribution in [1.29, 1.82) is 0 Å². The van der Waals surface area contributed by atoms with Gasteiger partial charge in [0.2, 0.25) is 5.91 Å². The molecule has 2 atom stereocenters. The summed E-state index contributed by atoms with van der Waals surface area (Å²) in [5.41, 5.74) is 2.87. The van der Waals surface area contributed by atoms with Gasteiger partial charge >= 0.3 is 0 Å². The van der Waals surface area contributed by atoms with Gasteiger partial charge in [0.15, 0.2) is 0 Å². The Morgan fingerprint density at radius 2 is 1.65 bits per heavy atom. The number of aryl methyl sites for hydroxylation is 1. The Morgan fingerprint density at radius 3 is 2.26 bits per heavy atom. The van der Waals surface area contributed by atoms with Gasteiger partial charge < -0.3 is 9.64 Å². The van der Waals surface area contributed by atoms with Crippen molar-refractivity contribution in [3.8, 4) is 5.75 Å². The molecule has 34 heavy (non-hydrogen) atoms. The Labute approximate surface area is 199 Å². The highest BCUT2D eigenvalue weighted by Crippen LogP contribution is 2.33. The Bertz CT molecular complexity index is 1170. The van der Waals surface area contributed by atoms with E-state index in [1.54, 1.807) is 41.3 Å². The fraction of sp³-hybridized carbons (Fsp3) is 0.250. The molecule has 0 radical (unpaired) electrons. The van der Waals surface area contributed by atoms with E-state index in [4.69, 9.17) is 4.74 Å². The lowest BCUT2D eigenvalue weighted by atomic mass is 10.0. The minimum Gasteiger partial charge on any atom is -0.494 e. The van der Waals surface area contributed by atoms with E-state index < -0.39 is 18.0 Å². The number of carbonyl (C=O) groups is 3. The van der Waals surface area contributed by atoms with Crippen LogP contribution in [0.15, 0.2) is 78.9 Å². The number of anilines is 1. The van der Waals surface area contributed by atoms with Crippen LogP contribution in [0.4, 0.5) is 5.69 Å². The molecule has 0 bridgehead atoms. The van der Waals surface area contributed by atoms with Crippen molar-refractivity contribution in [1.82, 2.24) is 4.90 Å². The van der Waals surface area contributed by atoms with Crippen LogP contribution in [0.1, 0.15) is 47.8 Å². The summed E-state index contributed by atoms with van der Waals surface area (Å²) >= 11 is 0. The third kappa shape index (κ3) is 4.57. The van der Waals surface area contributed by atoms with Gasteiger partial charge in [0, 0.05) is 5.56 Å². The molecule has 0 saturated carbocycles. The van der Waals surface area contributed by atoms with Gasteiger partial charge in [0.05, 0.1) is 24.8 Å². The summed E-state index contributed by atoms with van der Waals surface area (Å²) in [5, 5.41) is 0. The first-order valence-electron chi connectivity index (χ1n) is 11.4. The van der Waals surface area contributed by atoms with E-state index in [0.29, 0.717) is 23.6 Å². The third-order valence-corrected chi connectivity index (χ3v) is 6.10. The molecule has 0 spiro atoms. The number of rotatable bonds is 7. The topological polar surface area (TPSA) is 66.9 Å². The lowest BCUT2D eigenvalue weighted by Gasteiger charge is -2.33. The quantitative estimate of drug-likeness (QED) is 0.473. The molecule has 1 aliphatic rings. The summed E-state index contributed by atoms with van der Waals surface area (Å²) in [6.07, 6.45) is -0.0686. The van der Waals surface area contributed by atoms with Gasteiger partial charge in [-0.25, -0.2) is 4.90 Å². The molecule has 174 valence electrons. The monoisotopic (exact) mass is 456 g/mol. The minimum absolute atomic E-state index is 0.0686. The fourth-order valence-corrected chi connectivity index (χ4v) is 4.29. The van der Waals surface area contributed by atoms with Crippen molar-refractivity contribution >= 4 is 23.4 Å². The van der Waals surface area contributed by atoms with Crippen LogP contribution in [-0.2, 0) is 9.59 Å². The highest BCUT2D eigenvalue weighted by atomic mass is 16.5. The summed E-state index contributed by atoms with van der Waals surface area (Å²) in [6.45, 7) is 6.25. The maximum atomic E-state index is 13.7. The van der Waals surface area contributed by atoms with Crippen LogP contribution in [0.2, 0.25) is 0 Å². The first-order chi connectivity index (χ1) is 16.4. The molecule has 1 aliphatic heterocycles. The van der Waals surface area contributed by atoms with Crippen molar-refractivity contribution in [3.05, 3.63) is 95.6 Å². The van der Waals surface area contributed by atoms with Crippen LogP contribution < -0.4 is 9.64 Å². The Morgan fingerprint density at radius 1 is 1.00 bits per heavy atom. The van der Waals surface area contributed by atoms with Gasteiger partial charge in [0.25, 0.3) is 11.8 Å². The highest BCUT2D eigenvalue weighted by Gasteiger charge is 2.46. The molecule has 0 aromatic heterocycles. The van der Waals surface area contributed by atoms with E-state index in [1.165, 1.54) is 4.90 Å². The number of imide groups is 1. The normalized spacial score (nSPS) is 16.4. The summed E-state index contributed by atoms with van der Waals surface area (Å²) < 4.78 is 5.46. The van der Waals surface area contributed by atoms with E-state index in [1.807, 2.05) is 63.2 Å². The average molecular weight is 457 g/mol. The maximum Gasteiger partial charge on any atom is 0.257 e. The van der Waals surface area contributed by atoms with Gasteiger partial charge in [0.1, 0.15) is 11.8 Å². The number of carbonyl (C=O) groups excluding carboxylic acids is 3. The van der Waals surface area contributed by atoms with E-state index >= 15 is 0 Å². The second kappa shape index (κ2) is 9.91. The lowest BCUT2D eigenvalue weighted by molar-refractivity contribution is -0.122. The number of ether oxygens (including phenoxy) is 1. The van der Waals surface area contributed by atoms with Gasteiger partial charge in [-0.15, -0.1) is 0 Å². The fourth-order valence-electron chi connectivity index (χ4n) is 4.29. The molecule has 1 heterocycles. The number of hydrogen-bond donors (Lipinski definition) is 0. The number of nitrogens with zero attached hydrogens (tertiary/aromatic N) is 2. The Balaban J connectivity index is 1.69. The molecule has 3 aromatic rings. The number of hydrogen-bond acceptors (Lipinski definition) is 4. The number of amides is 3. The summed E-state index contributed by atoms with van der Waals surface area (Å²) in [7, 11) is 0. The van der Waals surface area contributed by atoms with Gasteiger partial charge in [-0.2, -0.15) is 0 Å². The summed E-state index contributed by atoms with van der Waals surface area (Å²) in [4.78, 5) is 43.0. The zero-order valence-corrected chi connectivity index (χ0v) is 19.6. The third-order valence-electron chi connectivity index (χ3n) is 6.10. The van der Waals surface area contributed by atoms with Crippen LogP contribution >= 0.6 is 0 Å². The van der Waals surface area contributed by atoms with Gasteiger partial charge in [-0.05, 0) is 62.7 Å². The predicted octanol–water partition coefficient (Wildman–Crippen LogP) is 4.93. The Hall–Kier alpha value is -3.93. The molecule has 2 unspecified atom stereocenters. The molecule has 3 aromatic carbocycles. The van der Waals surface area contributed by atoms with Gasteiger partial charge in [-0.3, -0.25) is 14.4 Å². The van der Waals surface area contributed by atoms with E-state index in [2.05, 4.69) is 0 Å². The first kappa shape index (κ1) is 23.2. The highest BCUT2D eigenvalue weighted by molar-refractivity contribution is 6.23. The van der Waals surface area contributed by atoms with Crippen LogP contribution in [0.25, 0.3) is 0 Å². The summed E-state index contributed by atoms with van der Waals surface area (Å²) in [5.74, 6) is -0.356. The Kier molecular flexibility index (Phi) is 6.77. The molecule has 4 rings (SSSR count). The molecule has 1 saturated heterocycles. The van der Waals surface area contributed by atoms with Crippen molar-refractivity contribution in [3.63, 3.8) is 0 Å². The largest absolute Gasteiger partial charge is 0.494 e. The van der Waals surface area contributed by atoms with E-state index in [0.717, 1.165) is 11.1 Å². The molecule has 6 nitrogen and oxygen atoms in total. The van der Waals surface area contributed by atoms with Crippen LogP contribution in [0.5, 0.6) is 5.75 Å². The second-order valence-corrected chi connectivity index (χ2v) is 8.38. The first-order valence-corrected chi connectivity index (χ1v) is 11.4. The van der Waals surface area contributed by atoms with Crippen molar-refractivity contribution in [2.45, 2.75) is 39.3 Å². The molecule has 6 heteroatoms. The number of benzene rings is 3. The molecule has 3 amide bonds. The van der Waals surface area contributed by atoms with Crippen molar-refractivity contribution in [2.75, 3.05) is 11.5 Å². The molecular weight excluding hydrogens is 428 g/mol. The molecule has 1 fully saturated rings. The van der Waals surface area contributed by atoms with E-state index in [9.17, 15) is 14.4 Å². The SMILES string of the molecule is CCOc1ccc(N2C(=O)CC(N(C(=O)c3ccc(C)cc3)C(C)c3ccccc3)C2=O)cc1. The zero-order valence-electron chi connectivity index (χ0n) is 19.6. The minimum atomic E-state index is -0.900. The smallest absolute Gasteiger partial charge is 0.257 e. The van der Waals surface area contributed by atoms with Crippen LogP contribution in [0, 0.1) is 6.92 Å². The summed E-state index contributed by atoms with van der Waals surface area (Å²) in [6, 6.07) is 22.3. The molecule has 0 aliphatic carbocycles. The van der Waals surface area contributed by atoms with E-state index in [-0.39, 0.29) is 18.2 Å². The van der Waals surface area contributed by atoms with Gasteiger partial charge in [-0.1, -0.05) is 48.0 Å². The second-order valence-electron chi connectivity index (χ2n) is 8.38. The van der Waals surface area contributed by atoms with Crippen molar-refractivity contribution < 1.29 is 19.1 Å². The lowest BCUT2D eigenvalue weighted by Crippen LogP contribution is -2.46. The standard InChI is InChI=1S/C28H28N2O4/c1-4-34-24-16-14-23(15-17-24)30-26(31)18-25(28(30)33)29(20(3)21-8-6-5-7-9-21)27(32)22-12-10-19(2)11-13-22/h5-17,20,25H,4,18H2,1-3H3. The molecular formula is C28H28N2O4. The van der Waals surface area contributed by atoms with Crippen LogP contribution in [-0.4, -0.2) is 35.3 Å². The molecule has 0 N–H and O–H groups in total. The van der Waals surface area contributed by atoms with Crippen molar-refractivity contribution in [2.24, 2.45) is 0 Å². The zero-order chi connectivity index (χ0) is 24.2. The maximum absolute atomic E-state index is 13.7. The average Bonchev–Trinajstić information content (AvgIpc) is 3.14. The predicted molar refractivity (Wildman–Crippen MR) is 131 cm³/mol. The van der Waals surface area contributed by atoms with Crippen LogP contribution in [0.3, 0.4) is 0 Å².